The standard InChI is InChI=1S/C20H14FNO2S2/c21-16-7-5-13(6-8-16)11-22-19(23)18(26-20(22)25)10-14-9-15-3-1-2-4-17(15)24-12-14/h1-10H,11-12H2/b18-10+. The Balaban J connectivity index is 1.54. The molecule has 4 rings (SSSR count). The summed E-state index contributed by atoms with van der Waals surface area (Å²) >= 11 is 6.63. The van der Waals surface area contributed by atoms with E-state index in [0.717, 1.165) is 22.4 Å². The Morgan fingerprint density at radius 2 is 1.96 bits per heavy atom. The van der Waals surface area contributed by atoms with Crippen molar-refractivity contribution in [1.82, 2.24) is 4.90 Å². The van der Waals surface area contributed by atoms with Crippen molar-refractivity contribution in [3.8, 4) is 5.75 Å². The van der Waals surface area contributed by atoms with Crippen LogP contribution in [-0.2, 0) is 11.3 Å². The molecule has 2 aliphatic rings. The van der Waals surface area contributed by atoms with E-state index in [9.17, 15) is 9.18 Å². The largest absolute Gasteiger partial charge is 0.488 e. The number of ether oxygens (including phenoxy) is 1. The Hall–Kier alpha value is -2.44. The van der Waals surface area contributed by atoms with Crippen LogP contribution in [0.25, 0.3) is 6.08 Å². The molecule has 1 fully saturated rings. The molecule has 0 unspecified atom stereocenters. The number of thiocarbonyl (C=S) groups is 1. The molecule has 0 N–H and O–H groups in total. The number of hydrogen-bond donors (Lipinski definition) is 0. The number of halogens is 1. The number of benzene rings is 2. The van der Waals surface area contributed by atoms with Crippen LogP contribution in [0.5, 0.6) is 5.75 Å². The molecular weight excluding hydrogens is 369 g/mol. The Bertz CT molecular complexity index is 951. The average Bonchev–Trinajstić information content (AvgIpc) is 2.91. The number of carbonyl (C=O) groups is 1. The van der Waals surface area contributed by atoms with Gasteiger partial charge in [0, 0.05) is 5.56 Å². The number of carbonyl (C=O) groups excluding carboxylic acids is 1. The third-order valence-electron chi connectivity index (χ3n) is 4.10. The molecule has 0 aliphatic carbocycles. The van der Waals surface area contributed by atoms with Gasteiger partial charge in [0.2, 0.25) is 0 Å². The van der Waals surface area contributed by atoms with Crippen LogP contribution in [0, 0.1) is 5.82 Å². The van der Waals surface area contributed by atoms with E-state index in [2.05, 4.69) is 0 Å². The van der Waals surface area contributed by atoms with Gasteiger partial charge in [0.1, 0.15) is 22.5 Å². The van der Waals surface area contributed by atoms with Crippen molar-refractivity contribution in [2.45, 2.75) is 6.54 Å². The number of fused-ring (bicyclic) bond motifs is 1. The number of rotatable bonds is 3. The van der Waals surface area contributed by atoms with Crippen molar-refractivity contribution in [2.24, 2.45) is 0 Å². The van der Waals surface area contributed by atoms with E-state index in [1.54, 1.807) is 12.1 Å². The molecule has 2 aromatic rings. The van der Waals surface area contributed by atoms with E-state index >= 15 is 0 Å². The Morgan fingerprint density at radius 3 is 2.77 bits per heavy atom. The van der Waals surface area contributed by atoms with Crippen LogP contribution < -0.4 is 4.74 Å². The van der Waals surface area contributed by atoms with Gasteiger partial charge in [0.25, 0.3) is 5.91 Å². The van der Waals surface area contributed by atoms with Crippen molar-refractivity contribution in [3.63, 3.8) is 0 Å². The van der Waals surface area contributed by atoms with Gasteiger partial charge >= 0.3 is 0 Å². The number of nitrogens with zero attached hydrogens (tertiary/aromatic N) is 1. The summed E-state index contributed by atoms with van der Waals surface area (Å²) in [5, 5.41) is 0. The Labute approximate surface area is 160 Å². The highest BCUT2D eigenvalue weighted by atomic mass is 32.2. The van der Waals surface area contributed by atoms with E-state index in [1.165, 1.54) is 28.8 Å². The van der Waals surface area contributed by atoms with Crippen LogP contribution in [0.3, 0.4) is 0 Å². The maximum absolute atomic E-state index is 13.0. The molecule has 0 aromatic heterocycles. The molecule has 130 valence electrons. The molecule has 1 saturated heterocycles. The van der Waals surface area contributed by atoms with E-state index in [4.69, 9.17) is 17.0 Å². The van der Waals surface area contributed by atoms with E-state index in [-0.39, 0.29) is 11.7 Å². The van der Waals surface area contributed by atoms with Crippen LogP contribution >= 0.6 is 24.0 Å². The van der Waals surface area contributed by atoms with Gasteiger partial charge in [0.05, 0.1) is 11.4 Å². The van der Waals surface area contributed by atoms with Gasteiger partial charge < -0.3 is 4.74 Å². The topological polar surface area (TPSA) is 29.5 Å². The summed E-state index contributed by atoms with van der Waals surface area (Å²) in [6.45, 7) is 0.750. The fourth-order valence-corrected chi connectivity index (χ4v) is 4.06. The molecular formula is C20H14FNO2S2. The molecule has 0 saturated carbocycles. The highest BCUT2D eigenvalue weighted by molar-refractivity contribution is 8.26. The van der Waals surface area contributed by atoms with Crippen LogP contribution in [0.4, 0.5) is 4.39 Å². The van der Waals surface area contributed by atoms with Crippen LogP contribution in [0.2, 0.25) is 0 Å². The zero-order chi connectivity index (χ0) is 18.1. The predicted molar refractivity (Wildman–Crippen MR) is 105 cm³/mol. The normalized spacial score (nSPS) is 18.0. The smallest absolute Gasteiger partial charge is 0.266 e. The van der Waals surface area contributed by atoms with Crippen molar-refractivity contribution >= 4 is 40.3 Å². The third-order valence-corrected chi connectivity index (χ3v) is 5.48. The lowest BCUT2D eigenvalue weighted by atomic mass is 10.1. The van der Waals surface area contributed by atoms with E-state index < -0.39 is 0 Å². The molecule has 2 aliphatic heterocycles. The molecule has 26 heavy (non-hydrogen) atoms. The second-order valence-electron chi connectivity index (χ2n) is 5.94. The number of hydrogen-bond acceptors (Lipinski definition) is 4. The molecule has 1 amide bonds. The molecule has 0 radical (unpaired) electrons. The van der Waals surface area contributed by atoms with Gasteiger partial charge in [-0.25, -0.2) is 4.39 Å². The first-order chi connectivity index (χ1) is 12.6. The lowest BCUT2D eigenvalue weighted by Gasteiger charge is -2.16. The number of amides is 1. The number of thioether (sulfide) groups is 1. The quantitative estimate of drug-likeness (QED) is 0.575. The highest BCUT2D eigenvalue weighted by Gasteiger charge is 2.32. The molecule has 0 bridgehead atoms. The molecule has 2 aromatic carbocycles. The summed E-state index contributed by atoms with van der Waals surface area (Å²) in [5.41, 5.74) is 2.75. The minimum Gasteiger partial charge on any atom is -0.488 e. The van der Waals surface area contributed by atoms with E-state index in [0.29, 0.717) is 22.4 Å². The van der Waals surface area contributed by atoms with Crippen LogP contribution in [0.15, 0.2) is 65.1 Å². The predicted octanol–water partition coefficient (Wildman–Crippen LogP) is 4.55. The molecule has 6 heteroatoms. The molecule has 2 heterocycles. The van der Waals surface area contributed by atoms with Gasteiger partial charge in [-0.1, -0.05) is 54.3 Å². The van der Waals surface area contributed by atoms with Gasteiger partial charge in [-0.05, 0) is 41.5 Å². The summed E-state index contributed by atoms with van der Waals surface area (Å²) in [4.78, 5) is 14.8. The van der Waals surface area contributed by atoms with Crippen LogP contribution in [0.1, 0.15) is 11.1 Å². The van der Waals surface area contributed by atoms with Crippen molar-refractivity contribution in [3.05, 3.63) is 82.0 Å². The number of para-hydroxylation sites is 1. The fraction of sp³-hybridized carbons (Fsp3) is 0.100. The zero-order valence-corrected chi connectivity index (χ0v) is 15.3. The summed E-state index contributed by atoms with van der Waals surface area (Å²) < 4.78 is 19.3. The van der Waals surface area contributed by atoms with Gasteiger partial charge in [0.15, 0.2) is 0 Å². The summed E-state index contributed by atoms with van der Waals surface area (Å²) in [6, 6.07) is 13.8. The maximum atomic E-state index is 13.0. The Kier molecular flexibility index (Phi) is 4.61. The second kappa shape index (κ2) is 7.05. The first-order valence-corrected chi connectivity index (χ1v) is 9.25. The first-order valence-electron chi connectivity index (χ1n) is 8.02. The minimum absolute atomic E-state index is 0.135. The summed E-state index contributed by atoms with van der Waals surface area (Å²) in [5.74, 6) is 0.404. The summed E-state index contributed by atoms with van der Waals surface area (Å²) in [7, 11) is 0. The average molecular weight is 383 g/mol. The van der Waals surface area contributed by atoms with Crippen molar-refractivity contribution in [1.29, 1.82) is 0 Å². The van der Waals surface area contributed by atoms with Gasteiger partial charge in [-0.3, -0.25) is 9.69 Å². The second-order valence-corrected chi connectivity index (χ2v) is 7.62. The van der Waals surface area contributed by atoms with Gasteiger partial charge in [-0.2, -0.15) is 0 Å². The van der Waals surface area contributed by atoms with Crippen molar-refractivity contribution in [2.75, 3.05) is 6.61 Å². The molecule has 0 spiro atoms. The highest BCUT2D eigenvalue weighted by Crippen LogP contribution is 2.34. The zero-order valence-electron chi connectivity index (χ0n) is 13.6. The van der Waals surface area contributed by atoms with Crippen LogP contribution in [-0.4, -0.2) is 21.7 Å². The lowest BCUT2D eigenvalue weighted by molar-refractivity contribution is -0.122. The van der Waals surface area contributed by atoms with E-state index in [1.807, 2.05) is 36.4 Å². The Morgan fingerprint density at radius 1 is 1.19 bits per heavy atom. The lowest BCUT2D eigenvalue weighted by Crippen LogP contribution is -2.27. The fourth-order valence-electron chi connectivity index (χ4n) is 2.79. The first kappa shape index (κ1) is 17.0. The molecule has 0 atom stereocenters. The maximum Gasteiger partial charge on any atom is 0.266 e. The van der Waals surface area contributed by atoms with Crippen molar-refractivity contribution < 1.29 is 13.9 Å². The monoisotopic (exact) mass is 383 g/mol. The molecule has 3 nitrogen and oxygen atoms in total. The minimum atomic E-state index is -0.302. The SMILES string of the molecule is O=C1/C(=C\C2=Cc3ccccc3OC2)SC(=S)N1Cc1ccc(F)cc1. The van der Waals surface area contributed by atoms with Gasteiger partial charge in [-0.15, -0.1) is 0 Å². The third kappa shape index (κ3) is 3.43. The summed E-state index contributed by atoms with van der Waals surface area (Å²) in [6.07, 6.45) is 3.85.